The van der Waals surface area contributed by atoms with E-state index in [9.17, 15) is 0 Å². The number of aliphatic hydroxyl groups excluding tert-OH is 1. The first-order valence-corrected chi connectivity index (χ1v) is 5.47. The number of ether oxygens (including phenoxy) is 2. The van der Waals surface area contributed by atoms with Crippen LogP contribution in [0.2, 0.25) is 0 Å². The van der Waals surface area contributed by atoms with Gasteiger partial charge in [0.15, 0.2) is 6.29 Å². The normalized spacial score (nSPS) is 22.8. The van der Waals surface area contributed by atoms with Gasteiger partial charge in [-0.25, -0.2) is 0 Å². The summed E-state index contributed by atoms with van der Waals surface area (Å²) in [4.78, 5) is 0. The van der Waals surface area contributed by atoms with Crippen molar-refractivity contribution in [3.63, 3.8) is 0 Å². The van der Waals surface area contributed by atoms with Crippen LogP contribution in [0.25, 0.3) is 6.08 Å². The van der Waals surface area contributed by atoms with Crippen LogP contribution in [0.15, 0.2) is 35.9 Å². The van der Waals surface area contributed by atoms with E-state index >= 15 is 0 Å². The molecule has 1 fully saturated rings. The van der Waals surface area contributed by atoms with Gasteiger partial charge in [0.05, 0.1) is 19.8 Å². The first kappa shape index (κ1) is 11.3. The number of aliphatic hydroxyl groups is 1. The van der Waals surface area contributed by atoms with Crippen molar-refractivity contribution in [3.8, 4) is 0 Å². The number of rotatable bonds is 4. The van der Waals surface area contributed by atoms with Crippen molar-refractivity contribution >= 4 is 6.08 Å². The molecule has 1 heterocycles. The van der Waals surface area contributed by atoms with Gasteiger partial charge < -0.3 is 14.6 Å². The molecule has 1 atom stereocenters. The van der Waals surface area contributed by atoms with Crippen molar-refractivity contribution in [3.05, 3.63) is 41.5 Å². The van der Waals surface area contributed by atoms with Gasteiger partial charge in [-0.2, -0.15) is 0 Å². The summed E-state index contributed by atoms with van der Waals surface area (Å²) in [6, 6.07) is 10.2. The lowest BCUT2D eigenvalue weighted by molar-refractivity contribution is -0.117. The molecular formula is C13H16O3. The smallest absolute Gasteiger partial charge is 0.161 e. The second-order valence-corrected chi connectivity index (χ2v) is 3.75. The lowest BCUT2D eigenvalue weighted by Crippen LogP contribution is -2.13. The molecule has 1 aliphatic heterocycles. The van der Waals surface area contributed by atoms with E-state index in [1.54, 1.807) is 0 Å². The van der Waals surface area contributed by atoms with E-state index in [0.717, 1.165) is 6.42 Å². The van der Waals surface area contributed by atoms with Crippen LogP contribution in [0.4, 0.5) is 0 Å². The van der Waals surface area contributed by atoms with Gasteiger partial charge in [0, 0.05) is 6.42 Å². The molecule has 3 nitrogen and oxygen atoms in total. The van der Waals surface area contributed by atoms with Crippen LogP contribution in [-0.2, 0) is 9.47 Å². The van der Waals surface area contributed by atoms with Gasteiger partial charge >= 0.3 is 0 Å². The minimum Gasteiger partial charge on any atom is -0.394 e. The fourth-order valence-corrected chi connectivity index (χ4v) is 1.71. The zero-order valence-corrected chi connectivity index (χ0v) is 9.13. The number of hydrogen-bond donors (Lipinski definition) is 1. The minimum atomic E-state index is -0.192. The Bertz CT molecular complexity index is 345. The van der Waals surface area contributed by atoms with Crippen molar-refractivity contribution in [1.82, 2.24) is 0 Å². The molecule has 0 saturated carbocycles. The molecule has 0 unspecified atom stereocenters. The zero-order chi connectivity index (χ0) is 11.2. The molecule has 3 heteroatoms. The molecule has 0 aromatic heterocycles. The van der Waals surface area contributed by atoms with Crippen LogP contribution >= 0.6 is 0 Å². The van der Waals surface area contributed by atoms with Crippen molar-refractivity contribution < 1.29 is 14.6 Å². The molecule has 0 spiro atoms. The SMILES string of the molecule is OCCO[C@H]1C/C(=C/c2ccccc2)CO1. The minimum absolute atomic E-state index is 0.0393. The lowest BCUT2D eigenvalue weighted by atomic mass is 10.1. The molecule has 0 bridgehead atoms. The van der Waals surface area contributed by atoms with Crippen LogP contribution < -0.4 is 0 Å². The fourth-order valence-electron chi connectivity index (χ4n) is 1.71. The Labute approximate surface area is 95.3 Å². The van der Waals surface area contributed by atoms with E-state index in [1.807, 2.05) is 18.2 Å². The third kappa shape index (κ3) is 3.17. The van der Waals surface area contributed by atoms with Crippen LogP contribution in [0.3, 0.4) is 0 Å². The summed E-state index contributed by atoms with van der Waals surface area (Å²) in [5, 5.41) is 8.63. The summed E-state index contributed by atoms with van der Waals surface area (Å²) >= 11 is 0. The van der Waals surface area contributed by atoms with Crippen molar-refractivity contribution in [1.29, 1.82) is 0 Å². The van der Waals surface area contributed by atoms with Crippen molar-refractivity contribution in [2.75, 3.05) is 19.8 Å². The lowest BCUT2D eigenvalue weighted by Gasteiger charge is -2.07. The molecular weight excluding hydrogens is 204 g/mol. The van der Waals surface area contributed by atoms with Gasteiger partial charge in [-0.15, -0.1) is 0 Å². The van der Waals surface area contributed by atoms with E-state index in [0.29, 0.717) is 13.2 Å². The predicted octanol–water partition coefficient (Wildman–Crippen LogP) is 1.83. The van der Waals surface area contributed by atoms with Gasteiger partial charge in [-0.1, -0.05) is 36.4 Å². The monoisotopic (exact) mass is 220 g/mol. The highest BCUT2D eigenvalue weighted by molar-refractivity contribution is 5.53. The van der Waals surface area contributed by atoms with Crippen molar-refractivity contribution in [2.45, 2.75) is 12.7 Å². The second kappa shape index (κ2) is 5.80. The highest BCUT2D eigenvalue weighted by Gasteiger charge is 2.19. The maximum absolute atomic E-state index is 8.63. The molecule has 1 N–H and O–H groups in total. The fraction of sp³-hybridized carbons (Fsp3) is 0.385. The zero-order valence-electron chi connectivity index (χ0n) is 9.13. The Hall–Kier alpha value is -1.16. The van der Waals surface area contributed by atoms with E-state index in [4.69, 9.17) is 14.6 Å². The first-order chi connectivity index (χ1) is 7.88. The topological polar surface area (TPSA) is 38.7 Å². The first-order valence-electron chi connectivity index (χ1n) is 5.47. The van der Waals surface area contributed by atoms with Gasteiger partial charge in [-0.3, -0.25) is 0 Å². The molecule has 0 amide bonds. The predicted molar refractivity (Wildman–Crippen MR) is 61.8 cm³/mol. The standard InChI is InChI=1S/C13H16O3/c14-6-7-15-13-9-12(10-16-13)8-11-4-2-1-3-5-11/h1-5,8,13-14H,6-7,9-10H2/b12-8-/t13-/m1/s1. The Kier molecular flexibility index (Phi) is 4.10. The third-order valence-electron chi connectivity index (χ3n) is 2.45. The molecule has 86 valence electrons. The summed E-state index contributed by atoms with van der Waals surface area (Å²) < 4.78 is 10.7. The van der Waals surface area contributed by atoms with E-state index in [2.05, 4.69) is 18.2 Å². The van der Waals surface area contributed by atoms with Gasteiger partial charge in [0.1, 0.15) is 0 Å². The van der Waals surface area contributed by atoms with Crippen LogP contribution in [-0.4, -0.2) is 31.2 Å². The molecule has 16 heavy (non-hydrogen) atoms. The molecule has 1 saturated heterocycles. The Balaban J connectivity index is 1.91. The number of benzene rings is 1. The molecule has 1 aliphatic rings. The van der Waals surface area contributed by atoms with E-state index in [-0.39, 0.29) is 12.9 Å². The average molecular weight is 220 g/mol. The Morgan fingerprint density at radius 3 is 2.94 bits per heavy atom. The van der Waals surface area contributed by atoms with Gasteiger partial charge in [0.25, 0.3) is 0 Å². The van der Waals surface area contributed by atoms with Crippen molar-refractivity contribution in [2.24, 2.45) is 0 Å². The van der Waals surface area contributed by atoms with Crippen LogP contribution in [0.5, 0.6) is 0 Å². The summed E-state index contributed by atoms with van der Waals surface area (Å²) in [6.45, 7) is 0.992. The summed E-state index contributed by atoms with van der Waals surface area (Å²) in [7, 11) is 0. The Morgan fingerprint density at radius 2 is 2.19 bits per heavy atom. The third-order valence-corrected chi connectivity index (χ3v) is 2.45. The second-order valence-electron chi connectivity index (χ2n) is 3.75. The molecule has 0 radical (unpaired) electrons. The molecule has 1 aromatic rings. The highest BCUT2D eigenvalue weighted by Crippen LogP contribution is 2.21. The summed E-state index contributed by atoms with van der Waals surface area (Å²) in [6.07, 6.45) is 2.72. The molecule has 2 rings (SSSR count). The molecule has 0 aliphatic carbocycles. The van der Waals surface area contributed by atoms with E-state index in [1.165, 1.54) is 11.1 Å². The molecule has 1 aromatic carbocycles. The van der Waals surface area contributed by atoms with Gasteiger partial charge in [0.2, 0.25) is 0 Å². The maximum atomic E-state index is 8.63. The Morgan fingerprint density at radius 1 is 1.38 bits per heavy atom. The maximum Gasteiger partial charge on any atom is 0.161 e. The van der Waals surface area contributed by atoms with Crippen LogP contribution in [0.1, 0.15) is 12.0 Å². The summed E-state index contributed by atoms with van der Waals surface area (Å²) in [5.41, 5.74) is 2.41. The quantitative estimate of drug-likeness (QED) is 0.841. The van der Waals surface area contributed by atoms with Crippen LogP contribution in [0, 0.1) is 0 Å². The number of hydrogen-bond acceptors (Lipinski definition) is 3. The summed E-state index contributed by atoms with van der Waals surface area (Å²) in [5.74, 6) is 0. The van der Waals surface area contributed by atoms with E-state index < -0.39 is 0 Å². The largest absolute Gasteiger partial charge is 0.394 e. The highest BCUT2D eigenvalue weighted by atomic mass is 16.7. The average Bonchev–Trinajstić information content (AvgIpc) is 2.75. The van der Waals surface area contributed by atoms with Gasteiger partial charge in [-0.05, 0) is 11.1 Å².